The Morgan fingerprint density at radius 2 is 1.62 bits per heavy atom. The van der Waals surface area contributed by atoms with Crippen LogP contribution in [0.4, 0.5) is 0 Å². The highest BCUT2D eigenvalue weighted by Gasteiger charge is 2.35. The smallest absolute Gasteiger partial charge is 0.289 e. The van der Waals surface area contributed by atoms with E-state index in [4.69, 9.17) is 9.47 Å². The fraction of sp³-hybridized carbons (Fsp3) is 0.324. The zero-order valence-electron chi connectivity index (χ0n) is 27.0. The number of carbonyl (C=O) groups excluding carboxylic acids is 5. The highest BCUT2D eigenvalue weighted by molar-refractivity contribution is 6.38. The SMILES string of the molecule is COc1cc(OC)c2cc(C(=O)C[C@@H](Cc3ccccc3)C(=O)N[C@@H](C[C@@H]3CCCNC3=O)C(=O)C(=O)NCc3ccccc3)[nH]c2c1. The average molecular weight is 653 g/mol. The Morgan fingerprint density at radius 1 is 0.917 bits per heavy atom. The van der Waals surface area contributed by atoms with Gasteiger partial charge in [-0.2, -0.15) is 0 Å². The Kier molecular flexibility index (Phi) is 11.2. The summed E-state index contributed by atoms with van der Waals surface area (Å²) < 4.78 is 10.8. The van der Waals surface area contributed by atoms with E-state index in [0.29, 0.717) is 35.4 Å². The first-order chi connectivity index (χ1) is 23.2. The van der Waals surface area contributed by atoms with E-state index >= 15 is 0 Å². The second-order valence-corrected chi connectivity index (χ2v) is 11.9. The van der Waals surface area contributed by atoms with Crippen molar-refractivity contribution < 1.29 is 33.4 Å². The monoisotopic (exact) mass is 652 g/mol. The maximum atomic E-state index is 14.0. The molecule has 1 saturated heterocycles. The van der Waals surface area contributed by atoms with Gasteiger partial charge in [0.15, 0.2) is 5.78 Å². The van der Waals surface area contributed by atoms with Gasteiger partial charge in [-0.3, -0.25) is 24.0 Å². The molecule has 4 N–H and O–H groups in total. The first-order valence-electron chi connectivity index (χ1n) is 16.0. The molecule has 0 spiro atoms. The number of H-pyrrole nitrogens is 1. The van der Waals surface area contributed by atoms with Crippen molar-refractivity contribution in [2.45, 2.75) is 44.7 Å². The predicted octanol–water partition coefficient (Wildman–Crippen LogP) is 3.90. The molecule has 2 heterocycles. The van der Waals surface area contributed by atoms with E-state index < -0.39 is 35.5 Å². The van der Waals surface area contributed by atoms with E-state index in [-0.39, 0.29) is 43.2 Å². The fourth-order valence-corrected chi connectivity index (χ4v) is 6.00. The Labute approximate surface area is 278 Å². The molecule has 3 aromatic carbocycles. The van der Waals surface area contributed by atoms with Gasteiger partial charge >= 0.3 is 0 Å². The van der Waals surface area contributed by atoms with Gasteiger partial charge in [0.2, 0.25) is 17.6 Å². The highest BCUT2D eigenvalue weighted by atomic mass is 16.5. The zero-order valence-corrected chi connectivity index (χ0v) is 27.0. The Bertz CT molecular complexity index is 1770. The Morgan fingerprint density at radius 3 is 2.29 bits per heavy atom. The van der Waals surface area contributed by atoms with Crippen LogP contribution < -0.4 is 25.4 Å². The van der Waals surface area contributed by atoms with Crippen molar-refractivity contribution in [3.05, 3.63) is 95.7 Å². The minimum absolute atomic E-state index is 0.0369. The number of amides is 3. The number of aromatic nitrogens is 1. The van der Waals surface area contributed by atoms with E-state index in [9.17, 15) is 24.0 Å². The molecule has 48 heavy (non-hydrogen) atoms. The molecule has 11 nitrogen and oxygen atoms in total. The van der Waals surface area contributed by atoms with Crippen molar-refractivity contribution in [3.63, 3.8) is 0 Å². The average Bonchev–Trinajstić information content (AvgIpc) is 3.55. The fourth-order valence-electron chi connectivity index (χ4n) is 6.00. The van der Waals surface area contributed by atoms with E-state index in [1.54, 1.807) is 18.2 Å². The van der Waals surface area contributed by atoms with Crippen LogP contribution >= 0.6 is 0 Å². The van der Waals surface area contributed by atoms with E-state index in [1.165, 1.54) is 14.2 Å². The molecule has 3 atom stereocenters. The van der Waals surface area contributed by atoms with Crippen LogP contribution in [0.1, 0.15) is 47.3 Å². The molecular formula is C37H40N4O7. The van der Waals surface area contributed by atoms with Crippen molar-refractivity contribution >= 4 is 40.2 Å². The molecule has 11 heteroatoms. The lowest BCUT2D eigenvalue weighted by Gasteiger charge is -2.27. The number of ketones is 2. The number of rotatable bonds is 15. The number of ether oxygens (including phenoxy) is 2. The Balaban J connectivity index is 1.38. The molecule has 1 aliphatic rings. The standard InChI is InChI=1S/C37H40N4O7/c1-47-27-19-29-28(33(20-27)48-2)21-30(40-29)32(42)18-26(16-23-10-5-3-6-11-23)36(45)41-31(17-25-14-9-15-38-35(25)44)34(43)37(46)39-22-24-12-7-4-8-13-24/h3-8,10-13,19-21,25-26,31,40H,9,14-18,22H2,1-2H3,(H,38,44)(H,39,46)(H,41,45)/t25-,26+,31-/m0/s1. The molecule has 1 aliphatic heterocycles. The molecular weight excluding hydrogens is 612 g/mol. The lowest BCUT2D eigenvalue weighted by atomic mass is 9.88. The van der Waals surface area contributed by atoms with Crippen molar-refractivity contribution in [2.24, 2.45) is 11.8 Å². The maximum Gasteiger partial charge on any atom is 0.289 e. The summed E-state index contributed by atoms with van der Waals surface area (Å²) in [7, 11) is 3.06. The lowest BCUT2D eigenvalue weighted by Crippen LogP contribution is -2.51. The molecule has 4 aromatic rings. The predicted molar refractivity (Wildman–Crippen MR) is 180 cm³/mol. The Hall–Kier alpha value is -5.45. The number of benzene rings is 3. The van der Waals surface area contributed by atoms with Gasteiger partial charge in [0, 0.05) is 48.9 Å². The summed E-state index contributed by atoms with van der Waals surface area (Å²) in [6.07, 6.45) is 1.24. The number of nitrogens with one attached hydrogen (secondary N) is 4. The summed E-state index contributed by atoms with van der Waals surface area (Å²) >= 11 is 0. The van der Waals surface area contributed by atoms with Crippen LogP contribution in [-0.4, -0.2) is 61.1 Å². The molecule has 0 aliphatic carbocycles. The quantitative estimate of drug-likeness (QED) is 0.112. The third-order valence-electron chi connectivity index (χ3n) is 8.63. The highest BCUT2D eigenvalue weighted by Crippen LogP contribution is 2.32. The summed E-state index contributed by atoms with van der Waals surface area (Å²) in [4.78, 5) is 70.1. The molecule has 1 aromatic heterocycles. The molecule has 3 amide bonds. The van der Waals surface area contributed by atoms with Crippen LogP contribution in [0.2, 0.25) is 0 Å². The summed E-state index contributed by atoms with van der Waals surface area (Å²) in [5.41, 5.74) is 2.55. The largest absolute Gasteiger partial charge is 0.497 e. The van der Waals surface area contributed by atoms with Gasteiger partial charge in [-0.15, -0.1) is 0 Å². The first-order valence-corrected chi connectivity index (χ1v) is 16.0. The summed E-state index contributed by atoms with van der Waals surface area (Å²) in [5, 5.41) is 8.90. The van der Waals surface area contributed by atoms with Crippen LogP contribution in [0.3, 0.4) is 0 Å². The molecule has 5 rings (SSSR count). The van der Waals surface area contributed by atoms with Crippen molar-refractivity contribution in [2.75, 3.05) is 20.8 Å². The van der Waals surface area contributed by atoms with Crippen LogP contribution in [-0.2, 0) is 32.1 Å². The molecule has 0 radical (unpaired) electrons. The molecule has 0 bridgehead atoms. The number of methoxy groups -OCH3 is 2. The van der Waals surface area contributed by atoms with Gasteiger partial charge in [0.25, 0.3) is 5.91 Å². The number of hydrogen-bond acceptors (Lipinski definition) is 7. The second-order valence-electron chi connectivity index (χ2n) is 11.9. The first kappa shape index (κ1) is 33.9. The second kappa shape index (κ2) is 15.9. The van der Waals surface area contributed by atoms with Crippen LogP contribution in [0.25, 0.3) is 10.9 Å². The van der Waals surface area contributed by atoms with E-state index in [1.807, 2.05) is 60.7 Å². The zero-order chi connectivity index (χ0) is 34.0. The van der Waals surface area contributed by atoms with Crippen LogP contribution in [0, 0.1) is 11.8 Å². The molecule has 0 unspecified atom stereocenters. The van der Waals surface area contributed by atoms with Gasteiger partial charge < -0.3 is 30.4 Å². The van der Waals surface area contributed by atoms with Gasteiger partial charge in [0.05, 0.1) is 31.5 Å². The van der Waals surface area contributed by atoms with Gasteiger partial charge in [0.1, 0.15) is 11.5 Å². The third-order valence-corrected chi connectivity index (χ3v) is 8.63. The van der Waals surface area contributed by atoms with Gasteiger partial charge in [-0.05, 0) is 42.9 Å². The number of fused-ring (bicyclic) bond motifs is 1. The topological polar surface area (TPSA) is 156 Å². The number of Topliss-reactive ketones (excluding diaryl/α,β-unsaturated/α-hetero) is 2. The van der Waals surface area contributed by atoms with Gasteiger partial charge in [-0.25, -0.2) is 0 Å². The molecule has 0 saturated carbocycles. The van der Waals surface area contributed by atoms with Crippen LogP contribution in [0.15, 0.2) is 78.9 Å². The van der Waals surface area contributed by atoms with E-state index in [0.717, 1.165) is 17.5 Å². The third kappa shape index (κ3) is 8.47. The summed E-state index contributed by atoms with van der Waals surface area (Å²) in [6, 6.07) is 22.3. The number of carbonyl (C=O) groups is 5. The minimum atomic E-state index is -1.26. The van der Waals surface area contributed by atoms with Crippen LogP contribution in [0.5, 0.6) is 11.5 Å². The molecule has 250 valence electrons. The number of piperidine rings is 1. The van der Waals surface area contributed by atoms with E-state index in [2.05, 4.69) is 20.9 Å². The minimum Gasteiger partial charge on any atom is -0.497 e. The number of hydrogen-bond donors (Lipinski definition) is 4. The van der Waals surface area contributed by atoms with Crippen molar-refractivity contribution in [1.82, 2.24) is 20.9 Å². The molecule has 1 fully saturated rings. The normalized spacial score (nSPS) is 15.5. The number of aromatic amines is 1. The van der Waals surface area contributed by atoms with Crippen molar-refractivity contribution in [1.29, 1.82) is 0 Å². The van der Waals surface area contributed by atoms with Crippen molar-refractivity contribution in [3.8, 4) is 11.5 Å². The summed E-state index contributed by atoms with van der Waals surface area (Å²) in [5.74, 6) is -3.18. The van der Waals surface area contributed by atoms with Gasteiger partial charge in [-0.1, -0.05) is 60.7 Å². The maximum absolute atomic E-state index is 14.0. The summed E-state index contributed by atoms with van der Waals surface area (Å²) in [6.45, 7) is 0.661. The lowest BCUT2D eigenvalue weighted by molar-refractivity contribution is -0.141.